The van der Waals surface area contributed by atoms with Gasteiger partial charge in [0.15, 0.2) is 0 Å². The topological polar surface area (TPSA) is 83.6 Å². The fourth-order valence-corrected chi connectivity index (χ4v) is 3.14. The van der Waals surface area contributed by atoms with E-state index in [1.165, 1.54) is 0 Å². The Morgan fingerprint density at radius 1 is 0.968 bits per heavy atom. The summed E-state index contributed by atoms with van der Waals surface area (Å²) in [4.78, 5) is 30.3. The first-order valence-electron chi connectivity index (χ1n) is 11.5. The lowest BCUT2D eigenvalue weighted by Gasteiger charge is -2.34. The Morgan fingerprint density at radius 3 is 2.23 bits per heavy atom. The highest BCUT2D eigenvalue weighted by molar-refractivity contribution is 5.77. The second-order valence-electron chi connectivity index (χ2n) is 8.98. The van der Waals surface area contributed by atoms with Crippen LogP contribution >= 0.6 is 0 Å². The van der Waals surface area contributed by atoms with E-state index in [-0.39, 0.29) is 24.0 Å². The van der Waals surface area contributed by atoms with Gasteiger partial charge in [-0.15, -0.1) is 0 Å². The summed E-state index contributed by atoms with van der Waals surface area (Å²) in [5.41, 5.74) is 0.134. The molecule has 0 atom stereocenters. The van der Waals surface area contributed by atoms with Crippen molar-refractivity contribution in [3.8, 4) is 0 Å². The van der Waals surface area contributed by atoms with Crippen LogP contribution in [0, 0.1) is 5.41 Å². The minimum Gasteiger partial charge on any atom is -0.448 e. The lowest BCUT2D eigenvalue weighted by molar-refractivity contribution is -0.138. The minimum absolute atomic E-state index is 0.0132. The van der Waals surface area contributed by atoms with Gasteiger partial charge >= 0.3 is 6.09 Å². The number of hydrogen-bond acceptors (Lipinski definition) is 7. The van der Waals surface area contributed by atoms with Crippen LogP contribution in [0.4, 0.5) is 4.79 Å². The van der Waals surface area contributed by atoms with Crippen LogP contribution in [0.2, 0.25) is 0 Å². The number of likely N-dealkylation sites (N-methyl/N-ethyl adjacent to an activating group) is 1. The van der Waals surface area contributed by atoms with Crippen LogP contribution in [0.5, 0.6) is 0 Å². The van der Waals surface area contributed by atoms with Gasteiger partial charge in [-0.3, -0.25) is 9.69 Å². The average molecular weight is 445 g/mol. The number of ether oxygens (including phenoxy) is 3. The number of carbonyl (C=O) groups excluding carboxylic acids is 2. The van der Waals surface area contributed by atoms with Gasteiger partial charge in [0.05, 0.1) is 19.8 Å². The van der Waals surface area contributed by atoms with Crippen molar-refractivity contribution in [3.05, 3.63) is 0 Å². The number of piperazine rings is 1. The zero-order chi connectivity index (χ0) is 23.1. The molecular formula is C22H44N4O5. The number of alkyl carbamates (subject to hydrolysis) is 1. The number of carbonyl (C=O) groups is 2. The van der Waals surface area contributed by atoms with Crippen molar-refractivity contribution in [3.63, 3.8) is 0 Å². The second-order valence-corrected chi connectivity index (χ2v) is 8.98. The first kappa shape index (κ1) is 27.6. The molecule has 182 valence electrons. The Bertz CT molecular complexity index is 501. The molecule has 31 heavy (non-hydrogen) atoms. The highest BCUT2D eigenvalue weighted by Crippen LogP contribution is 2.12. The largest absolute Gasteiger partial charge is 0.448 e. The van der Waals surface area contributed by atoms with Crippen LogP contribution in [0.15, 0.2) is 0 Å². The predicted octanol–water partition coefficient (Wildman–Crippen LogP) is 1.28. The maximum Gasteiger partial charge on any atom is 0.407 e. The van der Waals surface area contributed by atoms with Crippen molar-refractivity contribution in [2.24, 2.45) is 5.41 Å². The van der Waals surface area contributed by atoms with Gasteiger partial charge in [-0.05, 0) is 18.5 Å². The molecule has 2 amide bonds. The Kier molecular flexibility index (Phi) is 13.7. The molecule has 0 aliphatic carbocycles. The molecule has 0 radical (unpaired) electrons. The summed E-state index contributed by atoms with van der Waals surface area (Å²) >= 11 is 0. The molecule has 9 heteroatoms. The van der Waals surface area contributed by atoms with E-state index in [1.54, 1.807) is 0 Å². The van der Waals surface area contributed by atoms with Crippen LogP contribution in [-0.2, 0) is 19.0 Å². The van der Waals surface area contributed by atoms with Crippen LogP contribution in [0.1, 0.15) is 34.6 Å². The summed E-state index contributed by atoms with van der Waals surface area (Å²) in [6, 6.07) is 0. The number of hydrogen-bond donors (Lipinski definition) is 1. The molecule has 1 saturated heterocycles. The zero-order valence-electron chi connectivity index (χ0n) is 20.3. The van der Waals surface area contributed by atoms with E-state index in [2.05, 4.69) is 49.7 Å². The third-order valence-corrected chi connectivity index (χ3v) is 5.09. The van der Waals surface area contributed by atoms with E-state index in [4.69, 9.17) is 14.2 Å². The van der Waals surface area contributed by atoms with Crippen LogP contribution in [0.3, 0.4) is 0 Å². The minimum atomic E-state index is -0.371. The van der Waals surface area contributed by atoms with Crippen molar-refractivity contribution in [2.75, 3.05) is 91.9 Å². The molecule has 0 bridgehead atoms. The van der Waals surface area contributed by atoms with Crippen LogP contribution < -0.4 is 5.32 Å². The number of rotatable bonds is 14. The third-order valence-electron chi connectivity index (χ3n) is 5.09. The van der Waals surface area contributed by atoms with Crippen molar-refractivity contribution in [1.82, 2.24) is 20.0 Å². The summed E-state index contributed by atoms with van der Waals surface area (Å²) in [6.07, 6.45) is -0.371. The summed E-state index contributed by atoms with van der Waals surface area (Å²) in [5.74, 6) is 0.0132. The maximum atomic E-state index is 12.3. The van der Waals surface area contributed by atoms with Gasteiger partial charge in [-0.1, -0.05) is 34.6 Å². The molecule has 9 nitrogen and oxygen atoms in total. The Labute approximate surface area is 188 Å². The SMILES string of the molecule is CCN(CC)CCNC(=O)OCCN1CCN(C(=O)COCCOCC(C)(C)C)CC1. The first-order valence-corrected chi connectivity index (χ1v) is 11.5. The molecule has 1 fully saturated rings. The average Bonchev–Trinajstić information content (AvgIpc) is 2.73. The molecule has 0 aromatic carbocycles. The molecule has 1 N–H and O–H groups in total. The third kappa shape index (κ3) is 13.6. The van der Waals surface area contributed by atoms with Crippen LogP contribution in [0.25, 0.3) is 0 Å². The van der Waals surface area contributed by atoms with Crippen molar-refractivity contribution < 1.29 is 23.8 Å². The lowest BCUT2D eigenvalue weighted by atomic mass is 9.99. The molecule has 0 saturated carbocycles. The normalized spacial score (nSPS) is 15.4. The highest BCUT2D eigenvalue weighted by Gasteiger charge is 2.21. The van der Waals surface area contributed by atoms with E-state index < -0.39 is 0 Å². The fraction of sp³-hybridized carbons (Fsp3) is 0.909. The molecule has 0 aromatic rings. The Balaban J connectivity index is 2.05. The Morgan fingerprint density at radius 2 is 1.61 bits per heavy atom. The Hall–Kier alpha value is -1.42. The van der Waals surface area contributed by atoms with Crippen molar-refractivity contribution in [1.29, 1.82) is 0 Å². The summed E-state index contributed by atoms with van der Waals surface area (Å²) in [7, 11) is 0. The van der Waals surface area contributed by atoms with E-state index in [1.807, 2.05) is 4.90 Å². The fourth-order valence-electron chi connectivity index (χ4n) is 3.14. The van der Waals surface area contributed by atoms with Gasteiger partial charge in [0.25, 0.3) is 0 Å². The molecule has 0 unspecified atom stereocenters. The van der Waals surface area contributed by atoms with E-state index in [9.17, 15) is 9.59 Å². The predicted molar refractivity (Wildman–Crippen MR) is 121 cm³/mol. The van der Waals surface area contributed by atoms with Gasteiger partial charge in [0, 0.05) is 45.8 Å². The summed E-state index contributed by atoms with van der Waals surface area (Å²) in [5, 5.41) is 2.78. The van der Waals surface area contributed by atoms with Gasteiger partial charge in [-0.25, -0.2) is 4.79 Å². The van der Waals surface area contributed by atoms with Gasteiger partial charge < -0.3 is 29.3 Å². The maximum absolute atomic E-state index is 12.3. The molecule has 1 aliphatic heterocycles. The molecule has 1 aliphatic rings. The van der Waals surface area contributed by atoms with Crippen molar-refractivity contribution >= 4 is 12.0 Å². The number of amides is 2. The zero-order valence-corrected chi connectivity index (χ0v) is 20.3. The smallest absolute Gasteiger partial charge is 0.407 e. The number of nitrogens with one attached hydrogen (secondary N) is 1. The molecule has 0 spiro atoms. The molecule has 1 heterocycles. The molecule has 0 aromatic heterocycles. The van der Waals surface area contributed by atoms with Gasteiger partial charge in [0.1, 0.15) is 13.2 Å². The second kappa shape index (κ2) is 15.4. The first-order chi connectivity index (χ1) is 14.7. The highest BCUT2D eigenvalue weighted by atomic mass is 16.5. The van der Waals surface area contributed by atoms with Gasteiger partial charge in [0.2, 0.25) is 5.91 Å². The van der Waals surface area contributed by atoms with E-state index in [0.717, 1.165) is 32.7 Å². The number of nitrogens with zero attached hydrogens (tertiary/aromatic N) is 3. The van der Waals surface area contributed by atoms with E-state index in [0.29, 0.717) is 52.6 Å². The molecular weight excluding hydrogens is 400 g/mol. The monoisotopic (exact) mass is 444 g/mol. The molecule has 1 rings (SSSR count). The summed E-state index contributed by atoms with van der Waals surface area (Å²) < 4.78 is 16.2. The quantitative estimate of drug-likeness (QED) is 0.404. The van der Waals surface area contributed by atoms with Crippen LogP contribution in [-0.4, -0.2) is 119 Å². The lowest BCUT2D eigenvalue weighted by Crippen LogP contribution is -2.50. The van der Waals surface area contributed by atoms with Crippen molar-refractivity contribution in [2.45, 2.75) is 34.6 Å². The summed E-state index contributed by atoms with van der Waals surface area (Å²) in [6.45, 7) is 19.5. The van der Waals surface area contributed by atoms with Gasteiger partial charge in [-0.2, -0.15) is 0 Å². The standard InChI is InChI=1S/C22H44N4O5/c1-6-24(7-2)9-8-23-21(28)31-15-14-25-10-12-26(13-11-25)20(27)18-29-16-17-30-19-22(3,4)5/h6-19H2,1-5H3,(H,23,28). The van der Waals surface area contributed by atoms with E-state index >= 15 is 0 Å².